The summed E-state index contributed by atoms with van der Waals surface area (Å²) in [5.41, 5.74) is -0.350. The van der Waals surface area contributed by atoms with E-state index in [1.807, 2.05) is 0 Å². The summed E-state index contributed by atoms with van der Waals surface area (Å²) in [6.45, 7) is -0.706. The maximum Gasteiger partial charge on any atom is 0.417 e. The van der Waals surface area contributed by atoms with Gasteiger partial charge in [0.05, 0.1) is 10.6 Å². The van der Waals surface area contributed by atoms with E-state index in [9.17, 15) is 22.8 Å². The molecule has 0 atom stereocenters. The minimum atomic E-state index is -4.62. The summed E-state index contributed by atoms with van der Waals surface area (Å²) in [6.07, 6.45) is -4.09. The molecule has 0 unspecified atom stereocenters. The molecule has 1 aromatic carbocycles. The number of amides is 1. The largest absolute Gasteiger partial charge is 0.451 e. The van der Waals surface area contributed by atoms with Gasteiger partial charge in [0, 0.05) is 22.2 Å². The number of carbonyl (C=O) groups is 2. The molecule has 0 aliphatic rings. The zero-order valence-electron chi connectivity index (χ0n) is 14.7. The van der Waals surface area contributed by atoms with Gasteiger partial charge in [-0.05, 0) is 18.2 Å². The monoisotopic (exact) mass is 475 g/mol. The molecule has 0 fully saturated rings. The second-order valence-electron chi connectivity index (χ2n) is 5.72. The quantitative estimate of drug-likeness (QED) is 0.504. The number of alkyl halides is 3. The molecule has 1 N–H and O–H groups in total. The van der Waals surface area contributed by atoms with Gasteiger partial charge in [-0.3, -0.25) is 4.79 Å². The maximum absolute atomic E-state index is 12.6. The normalized spacial score (nSPS) is 11.2. The van der Waals surface area contributed by atoms with Crippen molar-refractivity contribution in [3.05, 3.63) is 63.2 Å². The summed E-state index contributed by atoms with van der Waals surface area (Å²) in [5, 5.41) is 4.28. The molecule has 6 nitrogen and oxygen atoms in total. The molecule has 3 aromatic rings. The van der Waals surface area contributed by atoms with Crippen molar-refractivity contribution in [2.45, 2.75) is 6.18 Å². The molecule has 0 saturated heterocycles. The van der Waals surface area contributed by atoms with Crippen molar-refractivity contribution in [3.8, 4) is 10.6 Å². The Morgan fingerprint density at radius 1 is 1.20 bits per heavy atom. The molecule has 156 valence electrons. The lowest BCUT2D eigenvalue weighted by molar-refractivity contribution is -0.137. The van der Waals surface area contributed by atoms with Crippen LogP contribution >= 0.6 is 34.5 Å². The van der Waals surface area contributed by atoms with Crippen molar-refractivity contribution in [3.63, 3.8) is 0 Å². The van der Waals surface area contributed by atoms with Crippen molar-refractivity contribution < 1.29 is 27.5 Å². The van der Waals surface area contributed by atoms with Crippen LogP contribution in [0.2, 0.25) is 10.0 Å². The van der Waals surface area contributed by atoms with Crippen LogP contribution in [-0.4, -0.2) is 28.5 Å². The fourth-order valence-corrected chi connectivity index (χ4v) is 3.37. The fraction of sp³-hybridized carbons (Fsp3) is 0.111. The topological polar surface area (TPSA) is 81.2 Å². The van der Waals surface area contributed by atoms with Gasteiger partial charge in [-0.2, -0.15) is 13.2 Å². The van der Waals surface area contributed by atoms with Gasteiger partial charge in [-0.1, -0.05) is 35.3 Å². The number of nitrogens with zero attached hydrogens (tertiary/aromatic N) is 2. The van der Waals surface area contributed by atoms with Crippen LogP contribution in [0.3, 0.4) is 0 Å². The van der Waals surface area contributed by atoms with Crippen LogP contribution in [-0.2, 0) is 15.7 Å². The standard InChI is InChI=1S/C18H10Cl2F3N3O3S/c19-11-3-1-2-9(4-11)16-25-13(8-30-16)17(28)29-7-14(27)26-15-12(20)5-10(6-24-15)18(21,22)23/h1-6,8H,7H2,(H,24,26,27). The predicted molar refractivity (Wildman–Crippen MR) is 106 cm³/mol. The number of ether oxygens (including phenoxy) is 1. The van der Waals surface area contributed by atoms with Crippen LogP contribution in [0, 0.1) is 0 Å². The Labute approximate surface area is 181 Å². The number of hydrogen-bond donors (Lipinski definition) is 1. The van der Waals surface area contributed by atoms with Gasteiger partial charge < -0.3 is 10.1 Å². The predicted octanol–water partition coefficient (Wildman–Crippen LogP) is 5.33. The first-order valence-corrected chi connectivity index (χ1v) is 9.68. The van der Waals surface area contributed by atoms with Gasteiger partial charge in [0.15, 0.2) is 18.1 Å². The van der Waals surface area contributed by atoms with Crippen LogP contribution < -0.4 is 5.32 Å². The summed E-state index contributed by atoms with van der Waals surface area (Å²) in [4.78, 5) is 31.6. The van der Waals surface area contributed by atoms with E-state index in [2.05, 4.69) is 15.3 Å². The Morgan fingerprint density at radius 2 is 1.97 bits per heavy atom. The van der Waals surface area contributed by atoms with Crippen molar-refractivity contribution in [2.75, 3.05) is 11.9 Å². The molecule has 0 radical (unpaired) electrons. The van der Waals surface area contributed by atoms with Crippen molar-refractivity contribution >= 4 is 52.2 Å². The lowest BCUT2D eigenvalue weighted by Crippen LogP contribution is -2.22. The summed E-state index contributed by atoms with van der Waals surface area (Å²) < 4.78 is 42.7. The zero-order valence-corrected chi connectivity index (χ0v) is 17.0. The van der Waals surface area contributed by atoms with Crippen LogP contribution in [0.5, 0.6) is 0 Å². The van der Waals surface area contributed by atoms with E-state index >= 15 is 0 Å². The molecule has 0 aliphatic carbocycles. The number of thiazole rings is 1. The highest BCUT2D eigenvalue weighted by Crippen LogP contribution is 2.32. The Bertz CT molecular complexity index is 1110. The van der Waals surface area contributed by atoms with E-state index in [-0.39, 0.29) is 11.5 Å². The molecule has 0 bridgehead atoms. The second-order valence-corrected chi connectivity index (χ2v) is 7.43. The lowest BCUT2D eigenvalue weighted by Gasteiger charge is -2.10. The van der Waals surface area contributed by atoms with E-state index in [1.165, 1.54) is 16.7 Å². The summed E-state index contributed by atoms with van der Waals surface area (Å²) in [5.74, 6) is -1.97. The number of aromatic nitrogens is 2. The molecule has 0 aliphatic heterocycles. The zero-order chi connectivity index (χ0) is 21.9. The Balaban J connectivity index is 1.58. The highest BCUT2D eigenvalue weighted by atomic mass is 35.5. The lowest BCUT2D eigenvalue weighted by atomic mass is 10.2. The first kappa shape index (κ1) is 22.0. The first-order valence-electron chi connectivity index (χ1n) is 8.04. The van der Waals surface area contributed by atoms with Gasteiger partial charge in [0.1, 0.15) is 5.01 Å². The van der Waals surface area contributed by atoms with Gasteiger partial charge in [-0.15, -0.1) is 11.3 Å². The van der Waals surface area contributed by atoms with Crippen LogP contribution in [0.25, 0.3) is 10.6 Å². The molecule has 3 rings (SSSR count). The number of carbonyl (C=O) groups excluding carboxylic acids is 2. The van der Waals surface area contributed by atoms with Gasteiger partial charge in [0.25, 0.3) is 5.91 Å². The molecule has 0 spiro atoms. The van der Waals surface area contributed by atoms with Crippen molar-refractivity contribution in [2.24, 2.45) is 0 Å². The number of hydrogen-bond acceptors (Lipinski definition) is 6. The SMILES string of the molecule is O=C(COC(=O)c1csc(-c2cccc(Cl)c2)n1)Nc1ncc(C(F)(F)F)cc1Cl. The highest BCUT2D eigenvalue weighted by molar-refractivity contribution is 7.13. The average Bonchev–Trinajstić information content (AvgIpc) is 3.17. The molecular weight excluding hydrogens is 466 g/mol. The molecule has 12 heteroatoms. The van der Waals surface area contributed by atoms with Gasteiger partial charge in [-0.25, -0.2) is 14.8 Å². The van der Waals surface area contributed by atoms with E-state index in [0.29, 0.717) is 27.9 Å². The smallest absolute Gasteiger partial charge is 0.417 e. The van der Waals surface area contributed by atoms with Crippen LogP contribution in [0.15, 0.2) is 41.9 Å². The number of nitrogens with one attached hydrogen (secondary N) is 1. The number of benzene rings is 1. The highest BCUT2D eigenvalue weighted by Gasteiger charge is 2.31. The van der Waals surface area contributed by atoms with E-state index < -0.39 is 35.2 Å². The number of anilines is 1. The minimum absolute atomic E-state index is 0.00605. The van der Waals surface area contributed by atoms with E-state index in [4.69, 9.17) is 27.9 Å². The van der Waals surface area contributed by atoms with Gasteiger partial charge >= 0.3 is 12.1 Å². The molecule has 0 saturated carbocycles. The fourth-order valence-electron chi connectivity index (χ4n) is 2.18. The Hall–Kier alpha value is -2.69. The van der Waals surface area contributed by atoms with E-state index in [1.54, 1.807) is 24.3 Å². The van der Waals surface area contributed by atoms with Crippen LogP contribution in [0.4, 0.5) is 19.0 Å². The second kappa shape index (κ2) is 8.99. The number of rotatable bonds is 5. The molecule has 1 amide bonds. The third-order valence-electron chi connectivity index (χ3n) is 3.55. The first-order chi connectivity index (χ1) is 14.1. The number of esters is 1. The number of halogens is 5. The third-order valence-corrected chi connectivity index (χ3v) is 4.96. The van der Waals surface area contributed by atoms with Crippen molar-refractivity contribution in [1.29, 1.82) is 0 Å². The summed E-state index contributed by atoms with van der Waals surface area (Å²) in [6, 6.07) is 7.52. The Morgan fingerprint density at radius 3 is 2.63 bits per heavy atom. The van der Waals surface area contributed by atoms with Crippen molar-refractivity contribution in [1.82, 2.24) is 9.97 Å². The molecular formula is C18H10Cl2F3N3O3S. The third kappa shape index (κ3) is 5.47. The van der Waals surface area contributed by atoms with Gasteiger partial charge in [0.2, 0.25) is 0 Å². The Kier molecular flexibility index (Phi) is 6.59. The molecule has 30 heavy (non-hydrogen) atoms. The molecule has 2 heterocycles. The van der Waals surface area contributed by atoms with E-state index in [0.717, 1.165) is 0 Å². The molecule has 2 aromatic heterocycles. The van der Waals surface area contributed by atoms with Crippen LogP contribution in [0.1, 0.15) is 16.1 Å². The summed E-state index contributed by atoms with van der Waals surface area (Å²) in [7, 11) is 0. The number of pyridine rings is 1. The average molecular weight is 476 g/mol. The minimum Gasteiger partial charge on any atom is -0.451 e. The summed E-state index contributed by atoms with van der Waals surface area (Å²) >= 11 is 12.8. The maximum atomic E-state index is 12.6.